The summed E-state index contributed by atoms with van der Waals surface area (Å²) < 4.78 is 5.53. The largest absolute Gasteiger partial charge is 0.479 e. The summed E-state index contributed by atoms with van der Waals surface area (Å²) in [5.41, 5.74) is -0.956. The predicted molar refractivity (Wildman–Crippen MR) is 74.4 cm³/mol. The van der Waals surface area contributed by atoms with Crippen LogP contribution in [-0.4, -0.2) is 46.7 Å². The fourth-order valence-electron chi connectivity index (χ4n) is 3.54. The average Bonchev–Trinajstić information content (AvgIpc) is 3.06. The van der Waals surface area contributed by atoms with Crippen molar-refractivity contribution in [3.63, 3.8) is 0 Å². The van der Waals surface area contributed by atoms with Crippen LogP contribution in [0.2, 0.25) is 0 Å². The summed E-state index contributed by atoms with van der Waals surface area (Å²) in [6, 6.07) is 0. The molecule has 0 aromatic carbocycles. The molecule has 0 spiro atoms. The third-order valence-electron chi connectivity index (χ3n) is 4.56. The van der Waals surface area contributed by atoms with Crippen LogP contribution in [0, 0.1) is 0 Å². The SMILES string of the molecule is CCCC1(C(=O)O)CCCN1C(=O)CCC1CCCO1. The van der Waals surface area contributed by atoms with Crippen LogP contribution in [0.3, 0.4) is 0 Å². The molecule has 2 saturated heterocycles. The van der Waals surface area contributed by atoms with Gasteiger partial charge in [-0.25, -0.2) is 4.79 Å². The Kier molecular flexibility index (Phi) is 5.02. The maximum absolute atomic E-state index is 12.4. The third-order valence-corrected chi connectivity index (χ3v) is 4.56. The lowest BCUT2D eigenvalue weighted by Crippen LogP contribution is -2.53. The van der Waals surface area contributed by atoms with Gasteiger partial charge in [0.15, 0.2) is 0 Å². The van der Waals surface area contributed by atoms with E-state index in [1.54, 1.807) is 4.90 Å². The number of aliphatic carboxylic acids is 1. The fourth-order valence-corrected chi connectivity index (χ4v) is 3.54. The molecule has 20 heavy (non-hydrogen) atoms. The predicted octanol–water partition coefficient (Wildman–Crippen LogP) is 2.19. The highest BCUT2D eigenvalue weighted by Crippen LogP contribution is 2.35. The molecule has 2 fully saturated rings. The summed E-state index contributed by atoms with van der Waals surface area (Å²) in [6.07, 6.45) is 6.10. The molecule has 0 saturated carbocycles. The Morgan fingerprint density at radius 2 is 2.20 bits per heavy atom. The van der Waals surface area contributed by atoms with Gasteiger partial charge in [-0.05, 0) is 38.5 Å². The van der Waals surface area contributed by atoms with Gasteiger partial charge in [0.05, 0.1) is 6.10 Å². The van der Waals surface area contributed by atoms with Crippen molar-refractivity contribution in [1.29, 1.82) is 0 Å². The fraction of sp³-hybridized carbons (Fsp3) is 0.867. The molecule has 0 aromatic rings. The first-order chi connectivity index (χ1) is 9.60. The van der Waals surface area contributed by atoms with Crippen LogP contribution in [0.15, 0.2) is 0 Å². The number of carboxylic acid groups (broad SMARTS) is 1. The lowest BCUT2D eigenvalue weighted by molar-refractivity contribution is -0.157. The van der Waals surface area contributed by atoms with Crippen LogP contribution < -0.4 is 0 Å². The summed E-state index contributed by atoms with van der Waals surface area (Å²) in [4.78, 5) is 25.7. The molecule has 2 aliphatic rings. The van der Waals surface area contributed by atoms with Crippen molar-refractivity contribution in [2.24, 2.45) is 0 Å². The second-order valence-electron chi connectivity index (χ2n) is 5.91. The van der Waals surface area contributed by atoms with Crippen LogP contribution in [0.25, 0.3) is 0 Å². The number of carbonyl (C=O) groups excluding carboxylic acids is 1. The number of rotatable bonds is 6. The smallest absolute Gasteiger partial charge is 0.329 e. The van der Waals surface area contributed by atoms with E-state index in [0.29, 0.717) is 25.8 Å². The summed E-state index contributed by atoms with van der Waals surface area (Å²) in [6.45, 7) is 3.34. The van der Waals surface area contributed by atoms with Gasteiger partial charge in [-0.1, -0.05) is 13.3 Å². The van der Waals surface area contributed by atoms with Gasteiger partial charge in [-0.15, -0.1) is 0 Å². The topological polar surface area (TPSA) is 66.8 Å². The molecule has 0 radical (unpaired) electrons. The first-order valence-electron chi connectivity index (χ1n) is 7.75. The van der Waals surface area contributed by atoms with Gasteiger partial charge in [-0.3, -0.25) is 4.79 Å². The highest BCUT2D eigenvalue weighted by Gasteiger charge is 2.48. The lowest BCUT2D eigenvalue weighted by atomic mass is 9.90. The number of carbonyl (C=O) groups is 2. The zero-order valence-electron chi connectivity index (χ0n) is 12.3. The van der Waals surface area contributed by atoms with E-state index in [0.717, 1.165) is 38.7 Å². The molecule has 2 rings (SSSR count). The standard InChI is InChI=1S/C15H25NO4/c1-2-8-15(14(18)19)9-4-10-16(15)13(17)7-6-12-5-3-11-20-12/h12H,2-11H2,1H3,(H,18,19). The number of nitrogens with zero attached hydrogens (tertiary/aromatic N) is 1. The molecule has 0 aromatic heterocycles. The monoisotopic (exact) mass is 283 g/mol. The molecule has 0 aliphatic carbocycles. The molecule has 2 aliphatic heterocycles. The molecular formula is C15H25NO4. The number of hydrogen-bond donors (Lipinski definition) is 1. The van der Waals surface area contributed by atoms with E-state index < -0.39 is 11.5 Å². The van der Waals surface area contributed by atoms with Crippen molar-refractivity contribution in [3.05, 3.63) is 0 Å². The van der Waals surface area contributed by atoms with E-state index in [1.807, 2.05) is 6.92 Å². The summed E-state index contributed by atoms with van der Waals surface area (Å²) in [5, 5.41) is 9.58. The van der Waals surface area contributed by atoms with Gasteiger partial charge in [0.1, 0.15) is 5.54 Å². The van der Waals surface area contributed by atoms with Gasteiger partial charge in [0, 0.05) is 19.6 Å². The van der Waals surface area contributed by atoms with Gasteiger partial charge in [-0.2, -0.15) is 0 Å². The maximum Gasteiger partial charge on any atom is 0.329 e. The number of amides is 1. The van der Waals surface area contributed by atoms with E-state index in [1.165, 1.54) is 0 Å². The summed E-state index contributed by atoms with van der Waals surface area (Å²) >= 11 is 0. The Morgan fingerprint density at radius 3 is 2.80 bits per heavy atom. The molecule has 114 valence electrons. The first kappa shape index (κ1) is 15.3. The van der Waals surface area contributed by atoms with Crippen molar-refractivity contribution in [1.82, 2.24) is 4.90 Å². The molecule has 2 heterocycles. The molecule has 2 atom stereocenters. The van der Waals surface area contributed by atoms with E-state index >= 15 is 0 Å². The summed E-state index contributed by atoms with van der Waals surface area (Å²) in [5.74, 6) is -0.865. The minimum absolute atomic E-state index is 0.0196. The minimum Gasteiger partial charge on any atom is -0.479 e. The van der Waals surface area contributed by atoms with Gasteiger partial charge < -0.3 is 14.7 Å². The Hall–Kier alpha value is -1.10. The Balaban J connectivity index is 1.97. The first-order valence-corrected chi connectivity index (χ1v) is 7.75. The van der Waals surface area contributed by atoms with Gasteiger partial charge in [0.2, 0.25) is 5.91 Å². The number of ether oxygens (including phenoxy) is 1. The molecule has 2 unspecified atom stereocenters. The quantitative estimate of drug-likeness (QED) is 0.811. The normalized spacial score (nSPS) is 29.9. The Labute approximate surface area is 120 Å². The van der Waals surface area contributed by atoms with E-state index in [-0.39, 0.29) is 12.0 Å². The van der Waals surface area contributed by atoms with E-state index in [4.69, 9.17) is 4.74 Å². The zero-order valence-corrected chi connectivity index (χ0v) is 12.3. The second kappa shape index (κ2) is 6.57. The maximum atomic E-state index is 12.4. The summed E-state index contributed by atoms with van der Waals surface area (Å²) in [7, 11) is 0. The van der Waals surface area contributed by atoms with Gasteiger partial charge >= 0.3 is 5.97 Å². The Bertz CT molecular complexity index is 365. The number of likely N-dealkylation sites (tertiary alicyclic amines) is 1. The van der Waals surface area contributed by atoms with Crippen molar-refractivity contribution in [2.45, 2.75) is 69.9 Å². The number of carboxylic acids is 1. The molecule has 1 N–H and O–H groups in total. The second-order valence-corrected chi connectivity index (χ2v) is 5.91. The average molecular weight is 283 g/mol. The van der Waals surface area contributed by atoms with Crippen LogP contribution in [-0.2, 0) is 14.3 Å². The highest BCUT2D eigenvalue weighted by molar-refractivity contribution is 5.87. The van der Waals surface area contributed by atoms with Crippen LogP contribution in [0.1, 0.15) is 58.3 Å². The molecule has 0 bridgehead atoms. The van der Waals surface area contributed by atoms with Crippen molar-refractivity contribution in [2.75, 3.05) is 13.2 Å². The third kappa shape index (κ3) is 2.97. The molecular weight excluding hydrogens is 258 g/mol. The molecule has 5 nitrogen and oxygen atoms in total. The molecule has 1 amide bonds. The van der Waals surface area contributed by atoms with Crippen LogP contribution >= 0.6 is 0 Å². The molecule has 5 heteroatoms. The number of hydrogen-bond acceptors (Lipinski definition) is 3. The van der Waals surface area contributed by atoms with E-state index in [2.05, 4.69) is 0 Å². The minimum atomic E-state index is -0.956. The lowest BCUT2D eigenvalue weighted by Gasteiger charge is -2.35. The zero-order chi connectivity index (χ0) is 14.6. The van der Waals surface area contributed by atoms with Crippen molar-refractivity contribution in [3.8, 4) is 0 Å². The van der Waals surface area contributed by atoms with Crippen LogP contribution in [0.4, 0.5) is 0 Å². The van der Waals surface area contributed by atoms with Crippen molar-refractivity contribution >= 4 is 11.9 Å². The Morgan fingerprint density at radius 1 is 1.40 bits per heavy atom. The van der Waals surface area contributed by atoms with Crippen molar-refractivity contribution < 1.29 is 19.4 Å². The van der Waals surface area contributed by atoms with Crippen LogP contribution in [0.5, 0.6) is 0 Å². The van der Waals surface area contributed by atoms with Gasteiger partial charge in [0.25, 0.3) is 0 Å². The highest BCUT2D eigenvalue weighted by atomic mass is 16.5. The van der Waals surface area contributed by atoms with E-state index in [9.17, 15) is 14.7 Å².